The van der Waals surface area contributed by atoms with Crippen molar-refractivity contribution in [3.8, 4) is 0 Å². The van der Waals surface area contributed by atoms with E-state index in [0.717, 1.165) is 5.56 Å². The van der Waals surface area contributed by atoms with E-state index in [9.17, 15) is 9.18 Å². The predicted octanol–water partition coefficient (Wildman–Crippen LogP) is 3.05. The number of nitrogens with one attached hydrogen (secondary N) is 1. The Labute approximate surface area is 126 Å². The first-order valence-corrected chi connectivity index (χ1v) is 6.51. The summed E-state index contributed by atoms with van der Waals surface area (Å²) in [6.45, 7) is 8.21. The van der Waals surface area contributed by atoms with Crippen molar-refractivity contribution in [3.63, 3.8) is 0 Å². The highest BCUT2D eigenvalue weighted by Crippen LogP contribution is 2.33. The molecule has 0 aliphatic heterocycles. The minimum atomic E-state index is -0.280. The first-order chi connectivity index (χ1) is 8.75. The average molecular weight is 303 g/mol. The van der Waals surface area contributed by atoms with Crippen molar-refractivity contribution in [2.75, 3.05) is 6.54 Å². The molecule has 0 saturated heterocycles. The molecule has 3 nitrogen and oxygen atoms in total. The summed E-state index contributed by atoms with van der Waals surface area (Å²) in [6, 6.07) is 6.06. The number of carbonyl (C=O) groups excluding carboxylic acids is 1. The Kier molecular flexibility index (Phi) is 7.17. The van der Waals surface area contributed by atoms with E-state index in [4.69, 9.17) is 5.73 Å². The average Bonchev–Trinajstić information content (AvgIpc) is 2.34. The Morgan fingerprint density at radius 2 is 1.80 bits per heavy atom. The highest BCUT2D eigenvalue weighted by Gasteiger charge is 2.28. The Morgan fingerprint density at radius 1 is 1.30 bits per heavy atom. The maximum absolute atomic E-state index is 13.0. The number of hydrogen-bond acceptors (Lipinski definition) is 2. The van der Waals surface area contributed by atoms with Crippen molar-refractivity contribution in [1.82, 2.24) is 5.32 Å². The summed E-state index contributed by atoms with van der Waals surface area (Å²) < 4.78 is 13.0. The van der Waals surface area contributed by atoms with E-state index < -0.39 is 0 Å². The van der Waals surface area contributed by atoms with E-state index >= 15 is 0 Å². The zero-order valence-electron chi connectivity index (χ0n) is 12.4. The van der Waals surface area contributed by atoms with Crippen LogP contribution in [0.2, 0.25) is 0 Å². The molecule has 0 heterocycles. The second kappa shape index (κ2) is 7.60. The fraction of sp³-hybridized carbons (Fsp3) is 0.533. The van der Waals surface area contributed by atoms with Gasteiger partial charge < -0.3 is 11.1 Å². The molecule has 0 aliphatic rings. The zero-order chi connectivity index (χ0) is 14.6. The molecule has 1 rings (SSSR count). The van der Waals surface area contributed by atoms with Gasteiger partial charge in [0.05, 0.1) is 6.04 Å². The third kappa shape index (κ3) is 5.10. The minimum absolute atomic E-state index is 0. The lowest BCUT2D eigenvalue weighted by Gasteiger charge is -2.32. The van der Waals surface area contributed by atoms with Crippen LogP contribution in [0.3, 0.4) is 0 Å². The first kappa shape index (κ1) is 18.9. The number of rotatable bonds is 4. The number of benzene rings is 1. The molecule has 0 spiro atoms. The van der Waals surface area contributed by atoms with Crippen LogP contribution < -0.4 is 11.1 Å². The van der Waals surface area contributed by atoms with E-state index in [-0.39, 0.29) is 41.5 Å². The van der Waals surface area contributed by atoms with Gasteiger partial charge in [-0.05, 0) is 23.1 Å². The van der Waals surface area contributed by atoms with Crippen LogP contribution >= 0.6 is 12.4 Å². The summed E-state index contributed by atoms with van der Waals surface area (Å²) in [4.78, 5) is 12.0. The highest BCUT2D eigenvalue weighted by atomic mass is 35.5. The maximum atomic E-state index is 13.0. The van der Waals surface area contributed by atoms with Crippen LogP contribution in [-0.4, -0.2) is 12.5 Å². The molecule has 114 valence electrons. The molecule has 0 bridgehead atoms. The second-order valence-corrected chi connectivity index (χ2v) is 6.00. The van der Waals surface area contributed by atoms with Crippen molar-refractivity contribution in [1.29, 1.82) is 0 Å². The van der Waals surface area contributed by atoms with Crippen LogP contribution in [0.4, 0.5) is 4.39 Å². The fourth-order valence-electron chi connectivity index (χ4n) is 1.85. The normalized spacial score (nSPS) is 14.1. The molecule has 1 aromatic carbocycles. The molecule has 2 atom stereocenters. The molecule has 0 aliphatic carbocycles. The molecule has 0 aromatic heterocycles. The Bertz CT molecular complexity index is 428. The van der Waals surface area contributed by atoms with E-state index in [1.807, 2.05) is 20.8 Å². The fourth-order valence-corrected chi connectivity index (χ4v) is 1.85. The largest absolute Gasteiger partial charge is 0.348 e. The van der Waals surface area contributed by atoms with Crippen molar-refractivity contribution < 1.29 is 9.18 Å². The number of amides is 1. The molecule has 2 unspecified atom stereocenters. The van der Waals surface area contributed by atoms with Gasteiger partial charge in [-0.1, -0.05) is 39.8 Å². The molecule has 1 amide bonds. The number of hydrogen-bond donors (Lipinski definition) is 2. The number of nitrogens with two attached hydrogens (primary N) is 1. The van der Waals surface area contributed by atoms with Crippen LogP contribution in [0.5, 0.6) is 0 Å². The monoisotopic (exact) mass is 302 g/mol. The van der Waals surface area contributed by atoms with Crippen molar-refractivity contribution in [3.05, 3.63) is 35.6 Å². The smallest absolute Gasteiger partial charge is 0.224 e. The predicted molar refractivity (Wildman–Crippen MR) is 82.2 cm³/mol. The topological polar surface area (TPSA) is 55.1 Å². The summed E-state index contributed by atoms with van der Waals surface area (Å²) in [6.07, 6.45) is 0. The van der Waals surface area contributed by atoms with E-state index in [1.54, 1.807) is 19.1 Å². The maximum Gasteiger partial charge on any atom is 0.224 e. The lowest BCUT2D eigenvalue weighted by atomic mass is 9.82. The second-order valence-electron chi connectivity index (χ2n) is 6.00. The molecule has 3 N–H and O–H groups in total. The van der Waals surface area contributed by atoms with Gasteiger partial charge in [0.25, 0.3) is 0 Å². The standard InChI is InChI=1S/C15H23FN2O.ClH/c1-10(9-17)14(19)18-13(15(2,3)4)11-5-7-12(16)8-6-11;/h5-8,10,13H,9,17H2,1-4H3,(H,18,19);1H. The van der Waals surface area contributed by atoms with Crippen molar-refractivity contribution >= 4 is 18.3 Å². The third-order valence-corrected chi connectivity index (χ3v) is 3.16. The highest BCUT2D eigenvalue weighted by molar-refractivity contribution is 5.85. The van der Waals surface area contributed by atoms with Gasteiger partial charge in [-0.2, -0.15) is 0 Å². The quantitative estimate of drug-likeness (QED) is 0.898. The van der Waals surface area contributed by atoms with Gasteiger partial charge in [0.15, 0.2) is 0 Å². The van der Waals surface area contributed by atoms with Gasteiger partial charge in [0.1, 0.15) is 5.82 Å². The molecule has 20 heavy (non-hydrogen) atoms. The molecule has 5 heteroatoms. The van der Waals surface area contributed by atoms with Gasteiger partial charge >= 0.3 is 0 Å². The Balaban J connectivity index is 0.00000361. The number of halogens is 2. The first-order valence-electron chi connectivity index (χ1n) is 6.51. The van der Waals surface area contributed by atoms with Gasteiger partial charge in [-0.15, -0.1) is 12.4 Å². The zero-order valence-corrected chi connectivity index (χ0v) is 13.3. The van der Waals surface area contributed by atoms with Crippen LogP contribution in [-0.2, 0) is 4.79 Å². The summed E-state index contributed by atoms with van der Waals surface area (Å²) in [7, 11) is 0. The molecule has 1 aromatic rings. The molecular weight excluding hydrogens is 279 g/mol. The van der Waals surface area contributed by atoms with Gasteiger partial charge in [0.2, 0.25) is 5.91 Å². The summed E-state index contributed by atoms with van der Waals surface area (Å²) in [5.41, 5.74) is 6.24. The lowest BCUT2D eigenvalue weighted by molar-refractivity contribution is -0.125. The van der Waals surface area contributed by atoms with Gasteiger partial charge in [0, 0.05) is 12.5 Å². The van der Waals surface area contributed by atoms with Gasteiger partial charge in [-0.25, -0.2) is 4.39 Å². The summed E-state index contributed by atoms with van der Waals surface area (Å²) >= 11 is 0. The molecule has 0 radical (unpaired) electrons. The lowest BCUT2D eigenvalue weighted by Crippen LogP contribution is -2.41. The molecular formula is C15H24ClFN2O. The van der Waals surface area contributed by atoms with Crippen LogP contribution in [0.15, 0.2) is 24.3 Å². The SMILES string of the molecule is CC(CN)C(=O)NC(c1ccc(F)cc1)C(C)(C)C.Cl. The van der Waals surface area contributed by atoms with Crippen LogP contribution in [0.25, 0.3) is 0 Å². The Morgan fingerprint density at radius 3 is 2.20 bits per heavy atom. The van der Waals surface area contributed by atoms with Crippen molar-refractivity contribution in [2.24, 2.45) is 17.1 Å². The molecule has 0 fully saturated rings. The third-order valence-electron chi connectivity index (χ3n) is 3.16. The molecule has 0 saturated carbocycles. The van der Waals surface area contributed by atoms with E-state index in [0.29, 0.717) is 6.54 Å². The van der Waals surface area contributed by atoms with E-state index in [1.165, 1.54) is 12.1 Å². The Hall–Kier alpha value is -1.13. The van der Waals surface area contributed by atoms with Crippen molar-refractivity contribution in [2.45, 2.75) is 33.7 Å². The summed E-state index contributed by atoms with van der Waals surface area (Å²) in [5.74, 6) is -0.588. The minimum Gasteiger partial charge on any atom is -0.348 e. The van der Waals surface area contributed by atoms with Crippen LogP contribution in [0, 0.1) is 17.2 Å². The van der Waals surface area contributed by atoms with Gasteiger partial charge in [-0.3, -0.25) is 4.79 Å². The number of carbonyl (C=O) groups is 1. The van der Waals surface area contributed by atoms with Crippen LogP contribution in [0.1, 0.15) is 39.3 Å². The van der Waals surface area contributed by atoms with E-state index in [2.05, 4.69) is 5.32 Å². The summed E-state index contributed by atoms with van der Waals surface area (Å²) in [5, 5.41) is 3.00.